The van der Waals surface area contributed by atoms with Crippen molar-refractivity contribution in [2.45, 2.75) is 6.42 Å². The van der Waals surface area contributed by atoms with Gasteiger partial charge < -0.3 is 0 Å². The lowest BCUT2D eigenvalue weighted by atomic mass is 10.1. The third-order valence-electron chi connectivity index (χ3n) is 1.46. The van der Waals surface area contributed by atoms with E-state index in [2.05, 4.69) is 22.4 Å². The van der Waals surface area contributed by atoms with Crippen molar-refractivity contribution in [1.82, 2.24) is 0 Å². The third kappa shape index (κ3) is 2.43. The second kappa shape index (κ2) is 4.25. The van der Waals surface area contributed by atoms with E-state index in [0.29, 0.717) is 11.3 Å². The fourth-order valence-corrected chi connectivity index (χ4v) is 1.11. The molecule has 0 fully saturated rings. The molecule has 0 radical (unpaired) electrons. The summed E-state index contributed by atoms with van der Waals surface area (Å²) in [5.41, 5.74) is -0.0142. The highest BCUT2D eigenvalue weighted by Gasteiger charge is 2.21. The molecule has 0 heterocycles. The van der Waals surface area contributed by atoms with Gasteiger partial charge in [-0.3, -0.25) is 9.68 Å². The van der Waals surface area contributed by atoms with E-state index in [1.54, 1.807) is 0 Å². The van der Waals surface area contributed by atoms with Crippen LogP contribution in [0.2, 0.25) is 0 Å². The fraction of sp³-hybridized carbons (Fsp3) is 0.250. The Hall–Kier alpha value is -1.07. The van der Waals surface area contributed by atoms with E-state index >= 15 is 0 Å². The summed E-state index contributed by atoms with van der Waals surface area (Å²) in [7, 11) is 1.20. The summed E-state index contributed by atoms with van der Waals surface area (Å²) in [6.45, 7) is 0. The molecule has 0 spiro atoms. The molecule has 0 aromatic carbocycles. The summed E-state index contributed by atoms with van der Waals surface area (Å²) in [4.78, 5) is 31.2. The van der Waals surface area contributed by atoms with Crippen LogP contribution in [-0.4, -0.2) is 18.9 Å². The van der Waals surface area contributed by atoms with Crippen molar-refractivity contribution in [2.24, 2.45) is 0 Å². The molecule has 1 aliphatic carbocycles. The van der Waals surface area contributed by atoms with Crippen LogP contribution in [0.3, 0.4) is 0 Å². The molecule has 4 nitrogen and oxygen atoms in total. The van der Waals surface area contributed by atoms with E-state index < -0.39 is 11.8 Å². The van der Waals surface area contributed by atoms with Crippen LogP contribution in [0.25, 0.3) is 0 Å². The Morgan fingerprint density at radius 3 is 2.85 bits per heavy atom. The van der Waals surface area contributed by atoms with Crippen LogP contribution in [0.1, 0.15) is 6.42 Å². The SMILES string of the molecule is COOC(=O)C1=CCC(S)=CC1=O. The van der Waals surface area contributed by atoms with Crippen molar-refractivity contribution in [3.05, 3.63) is 22.6 Å². The zero-order chi connectivity index (χ0) is 9.84. The molecular formula is C8H8O4S. The maximum Gasteiger partial charge on any atom is 0.376 e. The predicted molar refractivity (Wildman–Crippen MR) is 47.9 cm³/mol. The van der Waals surface area contributed by atoms with Crippen molar-refractivity contribution >= 4 is 24.4 Å². The summed E-state index contributed by atoms with van der Waals surface area (Å²) in [6, 6.07) is 0. The minimum absolute atomic E-state index is 0.0142. The van der Waals surface area contributed by atoms with Crippen LogP contribution in [0.15, 0.2) is 22.6 Å². The zero-order valence-corrected chi connectivity index (χ0v) is 7.84. The van der Waals surface area contributed by atoms with E-state index in [4.69, 9.17) is 0 Å². The van der Waals surface area contributed by atoms with E-state index in [1.165, 1.54) is 19.3 Å². The average Bonchev–Trinajstić information content (AvgIpc) is 2.04. The lowest BCUT2D eigenvalue weighted by molar-refractivity contribution is -0.250. The first-order valence-corrected chi connectivity index (χ1v) is 3.99. The van der Waals surface area contributed by atoms with Gasteiger partial charge >= 0.3 is 5.97 Å². The zero-order valence-electron chi connectivity index (χ0n) is 6.94. The Kier molecular flexibility index (Phi) is 3.27. The second-order valence-electron chi connectivity index (χ2n) is 2.36. The van der Waals surface area contributed by atoms with Gasteiger partial charge in [0.1, 0.15) is 5.57 Å². The predicted octanol–water partition coefficient (Wildman–Crippen LogP) is 0.804. The van der Waals surface area contributed by atoms with E-state index in [-0.39, 0.29) is 5.57 Å². The number of rotatable bonds is 2. The monoisotopic (exact) mass is 200 g/mol. The van der Waals surface area contributed by atoms with Crippen molar-refractivity contribution in [2.75, 3.05) is 7.11 Å². The molecule has 1 aliphatic rings. The number of allylic oxidation sites excluding steroid dienone is 3. The van der Waals surface area contributed by atoms with Crippen LogP contribution in [0.4, 0.5) is 0 Å². The van der Waals surface area contributed by atoms with Gasteiger partial charge in [-0.05, 0) is 17.4 Å². The Bertz CT molecular complexity index is 303. The van der Waals surface area contributed by atoms with Gasteiger partial charge in [0, 0.05) is 0 Å². The van der Waals surface area contributed by atoms with E-state index in [1.807, 2.05) is 0 Å². The average molecular weight is 200 g/mol. The van der Waals surface area contributed by atoms with Crippen LogP contribution in [0, 0.1) is 0 Å². The maximum atomic E-state index is 11.2. The van der Waals surface area contributed by atoms with Crippen LogP contribution in [0.5, 0.6) is 0 Å². The van der Waals surface area contributed by atoms with Gasteiger partial charge in [-0.2, -0.15) is 4.89 Å². The van der Waals surface area contributed by atoms with Crippen molar-refractivity contribution in [3.8, 4) is 0 Å². The van der Waals surface area contributed by atoms with Crippen molar-refractivity contribution < 1.29 is 19.4 Å². The number of ketones is 1. The minimum atomic E-state index is -0.774. The van der Waals surface area contributed by atoms with Gasteiger partial charge in [-0.15, -0.1) is 12.6 Å². The first kappa shape index (κ1) is 10.0. The summed E-state index contributed by atoms with van der Waals surface area (Å²) in [6.07, 6.45) is 3.21. The molecule has 0 aromatic heterocycles. The summed E-state index contributed by atoms with van der Waals surface area (Å²) in [5, 5.41) is 0. The summed E-state index contributed by atoms with van der Waals surface area (Å²) in [5.74, 6) is -1.18. The Labute approximate surface area is 80.5 Å². The Morgan fingerprint density at radius 2 is 2.31 bits per heavy atom. The van der Waals surface area contributed by atoms with Crippen LogP contribution >= 0.6 is 12.6 Å². The van der Waals surface area contributed by atoms with Crippen LogP contribution < -0.4 is 0 Å². The Balaban J connectivity index is 2.73. The van der Waals surface area contributed by atoms with Crippen molar-refractivity contribution in [1.29, 1.82) is 0 Å². The highest BCUT2D eigenvalue weighted by Crippen LogP contribution is 2.17. The number of hydrogen-bond acceptors (Lipinski definition) is 5. The Morgan fingerprint density at radius 1 is 1.62 bits per heavy atom. The number of carbonyl (C=O) groups excluding carboxylic acids is 2. The van der Waals surface area contributed by atoms with Gasteiger partial charge in [0.15, 0.2) is 5.78 Å². The fourth-order valence-electron chi connectivity index (χ4n) is 0.900. The molecule has 70 valence electrons. The molecule has 0 N–H and O–H groups in total. The normalized spacial score (nSPS) is 16.3. The van der Waals surface area contributed by atoms with Gasteiger partial charge in [-0.1, -0.05) is 6.08 Å². The largest absolute Gasteiger partial charge is 0.376 e. The van der Waals surface area contributed by atoms with Gasteiger partial charge in [0.2, 0.25) is 0 Å². The molecule has 0 bridgehead atoms. The summed E-state index contributed by atoms with van der Waals surface area (Å²) < 4.78 is 0. The molecule has 0 amide bonds. The smallest absolute Gasteiger partial charge is 0.293 e. The van der Waals surface area contributed by atoms with E-state index in [0.717, 1.165) is 0 Å². The molecule has 0 unspecified atom stereocenters. The molecule has 0 saturated heterocycles. The molecule has 0 aliphatic heterocycles. The molecule has 0 aromatic rings. The topological polar surface area (TPSA) is 52.6 Å². The third-order valence-corrected chi connectivity index (χ3v) is 1.77. The highest BCUT2D eigenvalue weighted by atomic mass is 32.1. The number of thiol groups is 1. The standard InChI is InChI=1S/C8H8O4S/c1-11-12-8(10)6-3-2-5(13)4-7(6)9/h3-4,13H,2H2,1H3. The minimum Gasteiger partial charge on any atom is -0.293 e. The number of carbonyl (C=O) groups is 2. The second-order valence-corrected chi connectivity index (χ2v) is 2.93. The number of hydrogen-bond donors (Lipinski definition) is 1. The maximum absolute atomic E-state index is 11.2. The van der Waals surface area contributed by atoms with E-state index in [9.17, 15) is 9.59 Å². The first-order valence-electron chi connectivity index (χ1n) is 3.54. The summed E-state index contributed by atoms with van der Waals surface area (Å²) >= 11 is 3.99. The molecule has 13 heavy (non-hydrogen) atoms. The van der Waals surface area contributed by atoms with Crippen LogP contribution in [-0.2, 0) is 19.4 Å². The molecule has 5 heteroatoms. The molecule has 0 saturated carbocycles. The molecule has 1 rings (SSSR count). The molecule has 0 atom stereocenters. The van der Waals surface area contributed by atoms with Gasteiger partial charge in [0.05, 0.1) is 7.11 Å². The highest BCUT2D eigenvalue weighted by molar-refractivity contribution is 7.84. The van der Waals surface area contributed by atoms with Gasteiger partial charge in [-0.25, -0.2) is 4.79 Å². The van der Waals surface area contributed by atoms with Crippen molar-refractivity contribution in [3.63, 3.8) is 0 Å². The first-order chi connectivity index (χ1) is 6.15. The molecular weight excluding hydrogens is 192 g/mol. The quantitative estimate of drug-likeness (QED) is 0.310. The van der Waals surface area contributed by atoms with Gasteiger partial charge in [0.25, 0.3) is 0 Å². The lowest BCUT2D eigenvalue weighted by Crippen LogP contribution is -2.16. The lowest BCUT2D eigenvalue weighted by Gasteiger charge is -2.06.